The highest BCUT2D eigenvalue weighted by Gasteiger charge is 2.26. The van der Waals surface area contributed by atoms with Crippen molar-refractivity contribution in [3.05, 3.63) is 52.1 Å². The zero-order valence-electron chi connectivity index (χ0n) is 17.3. The van der Waals surface area contributed by atoms with Gasteiger partial charge in [-0.05, 0) is 18.4 Å². The van der Waals surface area contributed by atoms with Crippen molar-refractivity contribution < 1.29 is 9.53 Å². The second-order valence-electron chi connectivity index (χ2n) is 7.12. The van der Waals surface area contributed by atoms with Crippen LogP contribution in [0, 0.1) is 6.92 Å². The summed E-state index contributed by atoms with van der Waals surface area (Å²) in [7, 11) is 0. The Hall–Kier alpha value is -2.57. The number of carbonyl (C=O) groups is 1. The first kappa shape index (κ1) is 21.3. The van der Waals surface area contributed by atoms with Crippen LogP contribution in [0.1, 0.15) is 15.4 Å². The fourth-order valence-electron chi connectivity index (χ4n) is 3.33. The van der Waals surface area contributed by atoms with Gasteiger partial charge < -0.3 is 4.74 Å². The lowest BCUT2D eigenvalue weighted by Crippen LogP contribution is -2.46. The van der Waals surface area contributed by atoms with Crippen molar-refractivity contribution >= 4 is 45.0 Å². The lowest BCUT2D eigenvalue weighted by atomic mass is 10.3. The van der Waals surface area contributed by atoms with Gasteiger partial charge in [0, 0.05) is 30.9 Å². The molecule has 0 atom stereocenters. The number of ether oxygens (including phenoxy) is 1. The summed E-state index contributed by atoms with van der Waals surface area (Å²) < 4.78 is 5.46. The fourth-order valence-corrected chi connectivity index (χ4v) is 5.87. The third-order valence-corrected chi connectivity index (χ3v) is 7.88. The molecule has 5 heterocycles. The minimum atomic E-state index is -0.0336. The molecule has 4 aromatic heterocycles. The van der Waals surface area contributed by atoms with Crippen LogP contribution in [0.2, 0.25) is 0 Å². The maximum absolute atomic E-state index is 13.3. The second-order valence-corrected chi connectivity index (χ2v) is 9.91. The van der Waals surface area contributed by atoms with E-state index in [4.69, 9.17) is 9.72 Å². The minimum absolute atomic E-state index is 0.0336. The number of thiazole rings is 2. The number of nitrogens with zero attached hydrogens (tertiary/aromatic N) is 6. The van der Waals surface area contributed by atoms with Crippen molar-refractivity contribution in [3.8, 4) is 21.3 Å². The molecule has 0 aromatic carbocycles. The molecule has 164 valence electrons. The zero-order chi connectivity index (χ0) is 21.9. The van der Waals surface area contributed by atoms with E-state index < -0.39 is 0 Å². The lowest BCUT2D eigenvalue weighted by molar-refractivity contribution is 0.0373. The summed E-state index contributed by atoms with van der Waals surface area (Å²) in [5.74, 6) is -0.0336. The first-order chi connectivity index (χ1) is 15.7. The molecule has 0 N–H and O–H groups in total. The quantitative estimate of drug-likeness (QED) is 0.408. The van der Waals surface area contributed by atoms with Gasteiger partial charge in [-0.25, -0.2) is 9.97 Å². The summed E-state index contributed by atoms with van der Waals surface area (Å²) in [6.07, 6.45) is 5.01. The summed E-state index contributed by atoms with van der Waals surface area (Å²) in [5.41, 5.74) is 2.45. The molecule has 11 heteroatoms. The van der Waals surface area contributed by atoms with Crippen LogP contribution in [0.15, 0.2) is 41.5 Å². The molecule has 0 spiro atoms. The molecule has 8 nitrogen and oxygen atoms in total. The largest absolute Gasteiger partial charge is 0.379 e. The van der Waals surface area contributed by atoms with Gasteiger partial charge in [0.25, 0.3) is 5.91 Å². The molecule has 0 unspecified atom stereocenters. The Morgan fingerprint density at radius 2 is 2.06 bits per heavy atom. The Balaban J connectivity index is 1.45. The number of thiophene rings is 1. The van der Waals surface area contributed by atoms with Crippen molar-refractivity contribution in [2.45, 2.75) is 6.92 Å². The van der Waals surface area contributed by atoms with Gasteiger partial charge in [0.1, 0.15) is 10.7 Å². The molecule has 0 aliphatic carbocycles. The first-order valence-electron chi connectivity index (χ1n) is 10.0. The van der Waals surface area contributed by atoms with Crippen molar-refractivity contribution in [1.29, 1.82) is 0 Å². The number of aryl methyl sites for hydroxylation is 1. The molecule has 5 rings (SSSR count). The van der Waals surface area contributed by atoms with Crippen LogP contribution in [0.5, 0.6) is 0 Å². The van der Waals surface area contributed by atoms with Crippen molar-refractivity contribution in [1.82, 2.24) is 24.8 Å². The van der Waals surface area contributed by atoms with E-state index >= 15 is 0 Å². The predicted molar refractivity (Wildman–Crippen MR) is 127 cm³/mol. The molecule has 0 saturated carbocycles. The van der Waals surface area contributed by atoms with Crippen LogP contribution in [-0.2, 0) is 4.74 Å². The van der Waals surface area contributed by atoms with Crippen LogP contribution in [-0.4, -0.2) is 63.7 Å². The van der Waals surface area contributed by atoms with Gasteiger partial charge >= 0.3 is 0 Å². The Morgan fingerprint density at radius 1 is 1.19 bits per heavy atom. The van der Waals surface area contributed by atoms with Gasteiger partial charge in [0.05, 0.1) is 47.2 Å². The first-order valence-corrected chi connectivity index (χ1v) is 12.6. The van der Waals surface area contributed by atoms with Gasteiger partial charge in [-0.15, -0.1) is 34.0 Å². The van der Waals surface area contributed by atoms with Crippen molar-refractivity contribution in [3.63, 3.8) is 0 Å². The molecule has 32 heavy (non-hydrogen) atoms. The number of amides is 1. The van der Waals surface area contributed by atoms with E-state index in [0.717, 1.165) is 40.1 Å². The summed E-state index contributed by atoms with van der Waals surface area (Å²) in [5, 5.41) is 5.39. The van der Waals surface area contributed by atoms with Gasteiger partial charge in [0.2, 0.25) is 0 Å². The van der Waals surface area contributed by atoms with Gasteiger partial charge in [-0.1, -0.05) is 6.07 Å². The van der Waals surface area contributed by atoms with Crippen LogP contribution in [0.25, 0.3) is 21.3 Å². The molecular formula is C21H20N6O2S3. The monoisotopic (exact) mass is 484 g/mol. The Bertz CT molecular complexity index is 1190. The van der Waals surface area contributed by atoms with Gasteiger partial charge in [-0.3, -0.25) is 24.6 Å². The van der Waals surface area contributed by atoms with E-state index in [9.17, 15) is 4.79 Å². The van der Waals surface area contributed by atoms with Crippen molar-refractivity contribution in [2.75, 3.05) is 37.9 Å². The van der Waals surface area contributed by atoms with Gasteiger partial charge in [-0.2, -0.15) is 0 Å². The molecule has 0 radical (unpaired) electrons. The average molecular weight is 485 g/mol. The standard InChI is InChI=1S/C21H20N6O2S3/c1-14-18(32-19(24-14)15-11-22-4-5-23-15)16-12-31-21(25-16)27(13-26-6-8-29-9-7-26)20(28)17-3-2-10-30-17/h2-5,10-12H,6-9,13H2,1H3. The number of hydrogen-bond donors (Lipinski definition) is 0. The Kier molecular flexibility index (Phi) is 6.32. The van der Waals surface area contributed by atoms with E-state index in [1.165, 1.54) is 34.0 Å². The number of carbonyl (C=O) groups excluding carboxylic acids is 1. The number of hydrogen-bond acceptors (Lipinski definition) is 10. The molecular weight excluding hydrogens is 464 g/mol. The van der Waals surface area contributed by atoms with Crippen LogP contribution >= 0.6 is 34.0 Å². The van der Waals surface area contributed by atoms with Crippen LogP contribution < -0.4 is 4.90 Å². The number of aromatic nitrogens is 4. The smallest absolute Gasteiger partial charge is 0.271 e. The molecule has 1 saturated heterocycles. The Labute approximate surface area is 197 Å². The SMILES string of the molecule is Cc1nc(-c2cnccn2)sc1-c1csc(N(CN2CCOCC2)C(=O)c2cccs2)n1. The molecule has 0 bridgehead atoms. The summed E-state index contributed by atoms with van der Waals surface area (Å²) in [6, 6.07) is 3.75. The fraction of sp³-hybridized carbons (Fsp3) is 0.286. The summed E-state index contributed by atoms with van der Waals surface area (Å²) in [6.45, 7) is 5.39. The lowest BCUT2D eigenvalue weighted by Gasteiger charge is -2.31. The molecule has 1 amide bonds. The molecule has 1 aliphatic heterocycles. The summed E-state index contributed by atoms with van der Waals surface area (Å²) in [4.78, 5) is 37.0. The molecule has 1 aliphatic rings. The van der Waals surface area contributed by atoms with Crippen molar-refractivity contribution in [2.24, 2.45) is 0 Å². The van der Waals surface area contributed by atoms with Crippen LogP contribution in [0.4, 0.5) is 5.13 Å². The molecule has 1 fully saturated rings. The number of morpholine rings is 1. The molecule has 4 aromatic rings. The van der Waals surface area contributed by atoms with Gasteiger partial charge in [0.15, 0.2) is 5.13 Å². The highest BCUT2D eigenvalue weighted by molar-refractivity contribution is 7.19. The van der Waals surface area contributed by atoms with E-state index in [1.807, 2.05) is 29.8 Å². The van der Waals surface area contributed by atoms with E-state index in [2.05, 4.69) is 19.9 Å². The number of anilines is 1. The highest BCUT2D eigenvalue weighted by Crippen LogP contribution is 2.37. The minimum Gasteiger partial charge on any atom is -0.379 e. The third-order valence-electron chi connectivity index (χ3n) is 4.96. The zero-order valence-corrected chi connectivity index (χ0v) is 19.8. The summed E-state index contributed by atoms with van der Waals surface area (Å²) >= 11 is 4.45. The second kappa shape index (κ2) is 9.51. The topological polar surface area (TPSA) is 84.3 Å². The number of rotatable bonds is 6. The Morgan fingerprint density at radius 3 is 2.81 bits per heavy atom. The maximum Gasteiger partial charge on any atom is 0.271 e. The average Bonchev–Trinajstić information content (AvgIpc) is 3.59. The van der Waals surface area contributed by atoms with E-state index in [1.54, 1.807) is 23.5 Å². The van der Waals surface area contributed by atoms with E-state index in [-0.39, 0.29) is 5.91 Å². The maximum atomic E-state index is 13.3. The van der Waals surface area contributed by atoms with E-state index in [0.29, 0.717) is 29.9 Å². The predicted octanol–water partition coefficient (Wildman–Crippen LogP) is 4.03. The normalized spacial score (nSPS) is 14.5. The third kappa shape index (κ3) is 4.48. The highest BCUT2D eigenvalue weighted by atomic mass is 32.1. The van der Waals surface area contributed by atoms with Crippen LogP contribution in [0.3, 0.4) is 0 Å².